The summed E-state index contributed by atoms with van der Waals surface area (Å²) in [4.78, 5) is 23.9. The van der Waals surface area contributed by atoms with Crippen molar-refractivity contribution in [2.75, 3.05) is 6.54 Å². The van der Waals surface area contributed by atoms with Gasteiger partial charge in [0.15, 0.2) is 0 Å². The molecule has 0 radical (unpaired) electrons. The number of benzene rings is 2. The molecule has 2 aromatic carbocycles. The molecule has 21 heavy (non-hydrogen) atoms. The molecule has 1 fully saturated rings. The summed E-state index contributed by atoms with van der Waals surface area (Å²) in [5.41, 5.74) is 2.01. The molecule has 2 N–H and O–H groups in total. The zero-order valence-electron chi connectivity index (χ0n) is 11.5. The monoisotopic (exact) mass is 280 g/mol. The molecule has 0 spiro atoms. The zero-order chi connectivity index (χ0) is 14.7. The molecule has 0 aromatic heterocycles. The summed E-state index contributed by atoms with van der Waals surface area (Å²) in [6.07, 6.45) is 0. The predicted molar refractivity (Wildman–Crippen MR) is 79.7 cm³/mol. The molecular weight excluding hydrogens is 264 g/mol. The summed E-state index contributed by atoms with van der Waals surface area (Å²) in [5.74, 6) is -0.500. The van der Waals surface area contributed by atoms with Crippen LogP contribution in [0.5, 0.6) is 0 Å². The van der Waals surface area contributed by atoms with E-state index < -0.39 is 6.04 Å². The molecule has 1 aliphatic rings. The minimum absolute atomic E-state index is 0.0473. The van der Waals surface area contributed by atoms with Gasteiger partial charge in [0.2, 0.25) is 11.8 Å². The van der Waals surface area contributed by atoms with Crippen LogP contribution in [0, 0.1) is 0 Å². The number of piperazine rings is 1. The highest BCUT2D eigenvalue weighted by Gasteiger charge is 2.34. The molecule has 0 bridgehead atoms. The van der Waals surface area contributed by atoms with Crippen molar-refractivity contribution in [1.29, 1.82) is 0 Å². The average Bonchev–Trinajstić information content (AvgIpc) is 2.53. The first-order valence-corrected chi connectivity index (χ1v) is 6.92. The topological polar surface area (TPSA) is 58.2 Å². The molecule has 2 aromatic rings. The summed E-state index contributed by atoms with van der Waals surface area (Å²) in [6.45, 7) is 0.0473. The fourth-order valence-electron chi connectivity index (χ4n) is 2.70. The van der Waals surface area contributed by atoms with Gasteiger partial charge in [0.05, 0.1) is 6.54 Å². The van der Waals surface area contributed by atoms with E-state index in [-0.39, 0.29) is 24.3 Å². The van der Waals surface area contributed by atoms with Gasteiger partial charge in [-0.05, 0) is 11.1 Å². The van der Waals surface area contributed by atoms with Gasteiger partial charge in [-0.15, -0.1) is 0 Å². The van der Waals surface area contributed by atoms with Gasteiger partial charge in [0, 0.05) is 5.92 Å². The molecule has 1 heterocycles. The summed E-state index contributed by atoms with van der Waals surface area (Å²) in [5, 5.41) is 5.46. The smallest absolute Gasteiger partial charge is 0.244 e. The Morgan fingerprint density at radius 1 is 0.857 bits per heavy atom. The van der Waals surface area contributed by atoms with Gasteiger partial charge in [0.1, 0.15) is 6.04 Å². The number of rotatable bonds is 3. The molecule has 2 amide bonds. The normalized spacial score (nSPS) is 18.2. The van der Waals surface area contributed by atoms with Crippen molar-refractivity contribution in [2.24, 2.45) is 0 Å². The lowest BCUT2D eigenvalue weighted by Gasteiger charge is -2.31. The molecular formula is C17H16N2O2. The Morgan fingerprint density at radius 2 is 1.38 bits per heavy atom. The standard InChI is InChI=1S/C17H16N2O2/c20-14-11-18-17(21)16(19-14)15(12-7-3-1-4-8-12)13-9-5-2-6-10-13/h1-10,15-16H,11H2,(H,18,21)(H,19,20). The highest BCUT2D eigenvalue weighted by molar-refractivity contribution is 5.95. The van der Waals surface area contributed by atoms with Crippen molar-refractivity contribution in [2.45, 2.75) is 12.0 Å². The first-order valence-electron chi connectivity index (χ1n) is 6.92. The predicted octanol–water partition coefficient (Wildman–Crippen LogP) is 1.43. The summed E-state index contributed by atoms with van der Waals surface area (Å²) in [7, 11) is 0. The Kier molecular flexibility index (Phi) is 3.69. The summed E-state index contributed by atoms with van der Waals surface area (Å²) >= 11 is 0. The average molecular weight is 280 g/mol. The van der Waals surface area contributed by atoms with Crippen LogP contribution in [0.25, 0.3) is 0 Å². The van der Waals surface area contributed by atoms with Crippen LogP contribution in [0.4, 0.5) is 0 Å². The SMILES string of the molecule is O=C1CNC(=O)C(C(c2ccccc2)c2ccccc2)N1. The number of nitrogens with one attached hydrogen (secondary N) is 2. The zero-order valence-corrected chi connectivity index (χ0v) is 11.5. The van der Waals surface area contributed by atoms with Crippen LogP contribution in [0.3, 0.4) is 0 Å². The maximum atomic E-state index is 12.2. The van der Waals surface area contributed by atoms with E-state index in [0.717, 1.165) is 11.1 Å². The van der Waals surface area contributed by atoms with Crippen molar-refractivity contribution in [1.82, 2.24) is 10.6 Å². The molecule has 4 heteroatoms. The largest absolute Gasteiger partial charge is 0.345 e. The van der Waals surface area contributed by atoms with Crippen LogP contribution in [-0.4, -0.2) is 24.4 Å². The number of hydrogen-bond donors (Lipinski definition) is 2. The maximum absolute atomic E-state index is 12.2. The number of carbonyl (C=O) groups is 2. The van der Waals surface area contributed by atoms with Gasteiger partial charge in [0.25, 0.3) is 0 Å². The van der Waals surface area contributed by atoms with Crippen molar-refractivity contribution >= 4 is 11.8 Å². The molecule has 0 aliphatic carbocycles. The van der Waals surface area contributed by atoms with E-state index in [1.165, 1.54) is 0 Å². The molecule has 1 aliphatic heterocycles. The minimum atomic E-state index is -0.587. The van der Waals surface area contributed by atoms with Gasteiger partial charge >= 0.3 is 0 Å². The molecule has 4 nitrogen and oxygen atoms in total. The van der Waals surface area contributed by atoms with E-state index in [1.54, 1.807) is 0 Å². The maximum Gasteiger partial charge on any atom is 0.244 e. The molecule has 1 atom stereocenters. The van der Waals surface area contributed by atoms with Crippen LogP contribution in [-0.2, 0) is 9.59 Å². The first-order chi connectivity index (χ1) is 10.3. The van der Waals surface area contributed by atoms with Gasteiger partial charge in [-0.3, -0.25) is 9.59 Å². The van der Waals surface area contributed by atoms with E-state index in [2.05, 4.69) is 10.6 Å². The Morgan fingerprint density at radius 3 is 1.90 bits per heavy atom. The van der Waals surface area contributed by atoms with Crippen molar-refractivity contribution in [3.63, 3.8) is 0 Å². The Bertz CT molecular complexity index is 601. The van der Waals surface area contributed by atoms with Gasteiger partial charge in [-0.2, -0.15) is 0 Å². The number of carbonyl (C=O) groups excluding carboxylic acids is 2. The molecule has 0 saturated carbocycles. The fraction of sp³-hybridized carbons (Fsp3) is 0.176. The highest BCUT2D eigenvalue weighted by atomic mass is 16.2. The third-order valence-corrected chi connectivity index (χ3v) is 3.67. The molecule has 1 saturated heterocycles. The van der Waals surface area contributed by atoms with Crippen LogP contribution in [0.2, 0.25) is 0 Å². The van der Waals surface area contributed by atoms with Gasteiger partial charge in [-0.1, -0.05) is 60.7 Å². The van der Waals surface area contributed by atoms with Crippen molar-refractivity contribution in [3.8, 4) is 0 Å². The van der Waals surface area contributed by atoms with Crippen LogP contribution in [0.15, 0.2) is 60.7 Å². The van der Waals surface area contributed by atoms with Crippen LogP contribution >= 0.6 is 0 Å². The molecule has 106 valence electrons. The number of amides is 2. The van der Waals surface area contributed by atoms with Crippen LogP contribution < -0.4 is 10.6 Å². The van der Waals surface area contributed by atoms with Gasteiger partial charge in [-0.25, -0.2) is 0 Å². The quantitative estimate of drug-likeness (QED) is 0.893. The second-order valence-corrected chi connectivity index (χ2v) is 5.06. The summed E-state index contributed by atoms with van der Waals surface area (Å²) < 4.78 is 0. The second kappa shape index (κ2) is 5.79. The lowest BCUT2D eigenvalue weighted by atomic mass is 9.84. The Hall–Kier alpha value is -2.62. The van der Waals surface area contributed by atoms with E-state index >= 15 is 0 Å². The number of hydrogen-bond acceptors (Lipinski definition) is 2. The van der Waals surface area contributed by atoms with E-state index in [4.69, 9.17) is 0 Å². The van der Waals surface area contributed by atoms with Gasteiger partial charge < -0.3 is 10.6 Å². The van der Waals surface area contributed by atoms with E-state index in [1.807, 2.05) is 60.7 Å². The van der Waals surface area contributed by atoms with E-state index in [9.17, 15) is 9.59 Å². The third kappa shape index (κ3) is 2.79. The first kappa shape index (κ1) is 13.4. The highest BCUT2D eigenvalue weighted by Crippen LogP contribution is 2.28. The fourth-order valence-corrected chi connectivity index (χ4v) is 2.70. The Labute approximate surface area is 123 Å². The lowest BCUT2D eigenvalue weighted by molar-refractivity contribution is -0.134. The van der Waals surface area contributed by atoms with E-state index in [0.29, 0.717) is 0 Å². The molecule has 3 rings (SSSR count). The minimum Gasteiger partial charge on any atom is -0.345 e. The van der Waals surface area contributed by atoms with Crippen molar-refractivity contribution < 1.29 is 9.59 Å². The molecule has 1 unspecified atom stereocenters. The summed E-state index contributed by atoms with van der Waals surface area (Å²) in [6, 6.07) is 18.9. The van der Waals surface area contributed by atoms with Crippen molar-refractivity contribution in [3.05, 3.63) is 71.8 Å². The Balaban J connectivity index is 2.04. The lowest BCUT2D eigenvalue weighted by Crippen LogP contribution is -2.58. The van der Waals surface area contributed by atoms with Crippen LogP contribution in [0.1, 0.15) is 17.0 Å². The second-order valence-electron chi connectivity index (χ2n) is 5.06. The third-order valence-electron chi connectivity index (χ3n) is 3.67.